The van der Waals surface area contributed by atoms with E-state index < -0.39 is 10.0 Å². The van der Waals surface area contributed by atoms with Crippen molar-refractivity contribution < 1.29 is 8.42 Å². The molecule has 0 unspecified atom stereocenters. The van der Waals surface area contributed by atoms with Crippen LogP contribution in [0.4, 0.5) is 5.95 Å². The number of rotatable bonds is 6. The molecule has 2 rings (SSSR count). The Morgan fingerprint density at radius 1 is 1.14 bits per heavy atom. The van der Waals surface area contributed by atoms with Crippen LogP contribution in [0.1, 0.15) is 15.3 Å². The molecule has 0 spiro atoms. The van der Waals surface area contributed by atoms with Gasteiger partial charge in [0.25, 0.3) is 0 Å². The fraction of sp³-hybridized carbons (Fsp3) is 0.385. The van der Waals surface area contributed by atoms with Crippen molar-refractivity contribution in [2.24, 2.45) is 0 Å². The fourth-order valence-electron chi connectivity index (χ4n) is 1.80. The molecule has 0 aromatic carbocycles. The van der Waals surface area contributed by atoms with Gasteiger partial charge >= 0.3 is 0 Å². The van der Waals surface area contributed by atoms with Gasteiger partial charge in [-0.1, -0.05) is 0 Å². The maximum atomic E-state index is 12.2. The first-order chi connectivity index (χ1) is 9.88. The minimum absolute atomic E-state index is 0.272. The van der Waals surface area contributed by atoms with Gasteiger partial charge in [-0.25, -0.2) is 23.1 Å². The highest BCUT2D eigenvalue weighted by Crippen LogP contribution is 2.24. The van der Waals surface area contributed by atoms with E-state index in [0.29, 0.717) is 17.4 Å². The molecule has 2 heterocycles. The van der Waals surface area contributed by atoms with Crippen molar-refractivity contribution in [2.45, 2.75) is 25.7 Å². The number of anilines is 1. The fourth-order valence-corrected chi connectivity index (χ4v) is 4.38. The normalized spacial score (nSPS) is 11.6. The van der Waals surface area contributed by atoms with Crippen LogP contribution in [0.15, 0.2) is 23.4 Å². The van der Waals surface area contributed by atoms with E-state index in [-0.39, 0.29) is 6.54 Å². The number of sulfonamides is 1. The Hall–Kier alpha value is -1.51. The maximum absolute atomic E-state index is 12.2. The Kier molecular flexibility index (Phi) is 4.92. The first-order valence-electron chi connectivity index (χ1n) is 6.48. The Labute approximate surface area is 128 Å². The van der Waals surface area contributed by atoms with Gasteiger partial charge in [-0.3, -0.25) is 0 Å². The molecule has 2 N–H and O–H groups in total. The van der Waals surface area contributed by atoms with Gasteiger partial charge in [0.2, 0.25) is 16.0 Å². The Balaban J connectivity index is 1.88. The molecule has 0 aliphatic carbocycles. The van der Waals surface area contributed by atoms with Crippen LogP contribution in [-0.4, -0.2) is 31.5 Å². The zero-order valence-corrected chi connectivity index (χ0v) is 13.8. The van der Waals surface area contributed by atoms with Crippen molar-refractivity contribution in [1.82, 2.24) is 14.7 Å². The molecule has 0 amide bonds. The Morgan fingerprint density at radius 3 is 2.38 bits per heavy atom. The second kappa shape index (κ2) is 6.50. The Morgan fingerprint density at radius 2 is 1.81 bits per heavy atom. The van der Waals surface area contributed by atoms with Gasteiger partial charge in [-0.2, -0.15) is 0 Å². The summed E-state index contributed by atoms with van der Waals surface area (Å²) in [6.07, 6.45) is 3.41. The smallest absolute Gasteiger partial charge is 0.241 e. The lowest BCUT2D eigenvalue weighted by molar-refractivity contribution is 0.582. The van der Waals surface area contributed by atoms with E-state index in [1.165, 1.54) is 11.3 Å². The van der Waals surface area contributed by atoms with E-state index in [9.17, 15) is 8.42 Å². The van der Waals surface area contributed by atoms with E-state index >= 15 is 0 Å². The van der Waals surface area contributed by atoms with Crippen LogP contribution >= 0.6 is 11.3 Å². The quantitative estimate of drug-likeness (QED) is 0.792. The molecule has 2 aromatic heterocycles. The van der Waals surface area contributed by atoms with Gasteiger partial charge in [0.05, 0.1) is 4.90 Å². The maximum Gasteiger partial charge on any atom is 0.241 e. The van der Waals surface area contributed by atoms with Crippen molar-refractivity contribution in [1.29, 1.82) is 0 Å². The van der Waals surface area contributed by atoms with Crippen LogP contribution in [0.5, 0.6) is 0 Å². The molecule has 21 heavy (non-hydrogen) atoms. The molecule has 0 fully saturated rings. The number of nitrogens with one attached hydrogen (secondary N) is 2. The van der Waals surface area contributed by atoms with Crippen LogP contribution < -0.4 is 10.0 Å². The molecule has 0 atom stereocenters. The van der Waals surface area contributed by atoms with Gasteiger partial charge in [-0.15, -0.1) is 11.3 Å². The summed E-state index contributed by atoms with van der Waals surface area (Å²) in [6.45, 7) is 6.30. The van der Waals surface area contributed by atoms with E-state index in [2.05, 4.69) is 20.0 Å². The molecule has 6 nitrogen and oxygen atoms in total. The van der Waals surface area contributed by atoms with E-state index in [1.807, 2.05) is 20.8 Å². The summed E-state index contributed by atoms with van der Waals surface area (Å²) >= 11 is 1.48. The summed E-state index contributed by atoms with van der Waals surface area (Å²) in [7, 11) is -3.45. The second-order valence-corrected chi connectivity index (χ2v) is 7.88. The molecule has 0 saturated heterocycles. The van der Waals surface area contributed by atoms with Gasteiger partial charge < -0.3 is 5.32 Å². The van der Waals surface area contributed by atoms with Gasteiger partial charge in [0.15, 0.2) is 0 Å². The van der Waals surface area contributed by atoms with E-state index in [0.717, 1.165) is 15.3 Å². The van der Waals surface area contributed by atoms with Crippen LogP contribution in [0, 0.1) is 20.8 Å². The molecule has 114 valence electrons. The molecule has 2 aromatic rings. The van der Waals surface area contributed by atoms with Crippen LogP contribution in [0.2, 0.25) is 0 Å². The van der Waals surface area contributed by atoms with Crippen LogP contribution in [0.3, 0.4) is 0 Å². The average molecular weight is 326 g/mol. The van der Waals surface area contributed by atoms with Gasteiger partial charge in [0, 0.05) is 35.2 Å². The van der Waals surface area contributed by atoms with Crippen molar-refractivity contribution in [3.8, 4) is 0 Å². The molecular weight excluding hydrogens is 308 g/mol. The topological polar surface area (TPSA) is 84.0 Å². The van der Waals surface area contributed by atoms with Crippen molar-refractivity contribution >= 4 is 27.3 Å². The third kappa shape index (κ3) is 4.23. The van der Waals surface area contributed by atoms with Crippen molar-refractivity contribution in [3.63, 3.8) is 0 Å². The predicted octanol–water partition coefficient (Wildman–Crippen LogP) is 1.85. The zero-order chi connectivity index (χ0) is 15.5. The van der Waals surface area contributed by atoms with E-state index in [1.54, 1.807) is 18.5 Å². The average Bonchev–Trinajstić information content (AvgIpc) is 2.77. The lowest BCUT2D eigenvalue weighted by atomic mass is 10.4. The molecule has 0 aliphatic rings. The number of nitrogens with zero attached hydrogens (tertiary/aromatic N) is 2. The summed E-state index contributed by atoms with van der Waals surface area (Å²) in [5, 5.41) is 2.97. The molecule has 8 heteroatoms. The number of hydrogen-bond acceptors (Lipinski definition) is 6. The predicted molar refractivity (Wildman–Crippen MR) is 84.2 cm³/mol. The molecule has 0 aliphatic heterocycles. The summed E-state index contributed by atoms with van der Waals surface area (Å²) in [5.41, 5.74) is 0.976. The van der Waals surface area contributed by atoms with Crippen molar-refractivity contribution in [3.05, 3.63) is 33.8 Å². The third-order valence-electron chi connectivity index (χ3n) is 2.77. The number of aryl methyl sites for hydroxylation is 3. The second-order valence-electron chi connectivity index (χ2n) is 4.69. The standard InChI is InChI=1S/C13H18N4O2S2/c1-9-7-15-13(16-8-9)14-4-5-17-21(18,19)12-6-10(2)20-11(12)3/h6-8,17H,4-5H2,1-3H3,(H,14,15,16). The summed E-state index contributed by atoms with van der Waals surface area (Å²) in [4.78, 5) is 10.3. The molecule has 0 bridgehead atoms. The minimum Gasteiger partial charge on any atom is -0.353 e. The summed E-state index contributed by atoms with van der Waals surface area (Å²) in [6, 6.07) is 1.69. The summed E-state index contributed by atoms with van der Waals surface area (Å²) < 4.78 is 26.9. The highest BCUT2D eigenvalue weighted by molar-refractivity contribution is 7.89. The highest BCUT2D eigenvalue weighted by Gasteiger charge is 2.18. The SMILES string of the molecule is Cc1cnc(NCCNS(=O)(=O)c2cc(C)sc2C)nc1. The van der Waals surface area contributed by atoms with Gasteiger partial charge in [-0.05, 0) is 32.4 Å². The lowest BCUT2D eigenvalue weighted by Crippen LogP contribution is -2.29. The molecule has 0 saturated carbocycles. The van der Waals surface area contributed by atoms with Gasteiger partial charge in [0.1, 0.15) is 0 Å². The summed E-state index contributed by atoms with van der Waals surface area (Å²) in [5.74, 6) is 0.488. The first-order valence-corrected chi connectivity index (χ1v) is 8.77. The highest BCUT2D eigenvalue weighted by atomic mass is 32.2. The first kappa shape index (κ1) is 15.9. The largest absolute Gasteiger partial charge is 0.353 e. The van der Waals surface area contributed by atoms with Crippen molar-refractivity contribution in [2.75, 3.05) is 18.4 Å². The zero-order valence-electron chi connectivity index (χ0n) is 12.2. The number of thiophene rings is 1. The number of aromatic nitrogens is 2. The Bertz CT molecular complexity index is 708. The number of hydrogen-bond donors (Lipinski definition) is 2. The molecular formula is C13H18N4O2S2. The monoisotopic (exact) mass is 326 g/mol. The van der Waals surface area contributed by atoms with E-state index in [4.69, 9.17) is 0 Å². The third-order valence-corrected chi connectivity index (χ3v) is 5.45. The van der Waals surface area contributed by atoms with Crippen LogP contribution in [0.25, 0.3) is 0 Å². The lowest BCUT2D eigenvalue weighted by Gasteiger charge is -2.07. The minimum atomic E-state index is -3.45. The molecule has 0 radical (unpaired) electrons. The van der Waals surface area contributed by atoms with Crippen LogP contribution in [-0.2, 0) is 10.0 Å².